The van der Waals surface area contributed by atoms with Crippen LogP contribution in [0, 0.1) is 6.92 Å². The van der Waals surface area contributed by atoms with Gasteiger partial charge in [0.25, 0.3) is 0 Å². The van der Waals surface area contributed by atoms with Gasteiger partial charge in [0.1, 0.15) is 0 Å². The molecule has 0 aliphatic rings. The number of pyridine rings is 1. The van der Waals surface area contributed by atoms with Gasteiger partial charge < -0.3 is 0 Å². The maximum atomic E-state index is 4.16. The van der Waals surface area contributed by atoms with E-state index in [-0.39, 0.29) is 0 Å². The van der Waals surface area contributed by atoms with Crippen LogP contribution in [-0.4, -0.2) is 4.98 Å². The van der Waals surface area contributed by atoms with Crippen LogP contribution in [0.5, 0.6) is 0 Å². The minimum absolute atomic E-state index is 1.16. The monoisotopic (exact) mass is 219 g/mol. The third-order valence-corrected chi connectivity index (χ3v) is 3.09. The fourth-order valence-corrected chi connectivity index (χ4v) is 2.16. The van der Waals surface area contributed by atoms with Gasteiger partial charge in [-0.2, -0.15) is 0 Å². The number of fused-ring (bicyclic) bond motifs is 1. The van der Waals surface area contributed by atoms with Crippen LogP contribution in [0.4, 0.5) is 0 Å². The van der Waals surface area contributed by atoms with Gasteiger partial charge in [0.2, 0.25) is 0 Å². The van der Waals surface area contributed by atoms with Gasteiger partial charge in [-0.1, -0.05) is 36.4 Å². The predicted molar refractivity (Wildman–Crippen MR) is 71.9 cm³/mol. The second-order valence-electron chi connectivity index (χ2n) is 4.25. The summed E-state index contributed by atoms with van der Waals surface area (Å²) in [6, 6.07) is 17.0. The largest absolute Gasteiger partial charge is 0.264 e. The van der Waals surface area contributed by atoms with E-state index < -0.39 is 0 Å². The lowest BCUT2D eigenvalue weighted by molar-refractivity contribution is 1.33. The summed E-state index contributed by atoms with van der Waals surface area (Å²) in [5.41, 5.74) is 3.70. The summed E-state index contributed by atoms with van der Waals surface area (Å²) < 4.78 is 0. The van der Waals surface area contributed by atoms with Gasteiger partial charge in [-0.25, -0.2) is 0 Å². The van der Waals surface area contributed by atoms with E-state index in [9.17, 15) is 0 Å². The zero-order valence-corrected chi connectivity index (χ0v) is 9.72. The number of aromatic nitrogens is 1. The molecule has 0 saturated heterocycles. The quantitative estimate of drug-likeness (QED) is 0.597. The molecule has 0 spiro atoms. The number of nitrogens with zero attached hydrogens (tertiary/aromatic N) is 1. The molecule has 3 rings (SSSR count). The Hall–Kier alpha value is -2.15. The molecule has 0 saturated carbocycles. The molecule has 0 aliphatic heterocycles. The van der Waals surface area contributed by atoms with E-state index in [0.29, 0.717) is 0 Å². The Labute approximate surface area is 101 Å². The van der Waals surface area contributed by atoms with Gasteiger partial charge in [-0.05, 0) is 41.0 Å². The molecule has 82 valence electrons. The van der Waals surface area contributed by atoms with Gasteiger partial charge in [0, 0.05) is 18.0 Å². The van der Waals surface area contributed by atoms with Crippen molar-refractivity contribution in [1.82, 2.24) is 4.98 Å². The summed E-state index contributed by atoms with van der Waals surface area (Å²) in [5.74, 6) is 0. The fourth-order valence-electron chi connectivity index (χ4n) is 2.16. The molecule has 0 aliphatic carbocycles. The number of rotatable bonds is 1. The minimum atomic E-state index is 1.16. The van der Waals surface area contributed by atoms with Crippen LogP contribution in [0.1, 0.15) is 5.56 Å². The highest BCUT2D eigenvalue weighted by Crippen LogP contribution is 2.25. The lowest BCUT2D eigenvalue weighted by Crippen LogP contribution is -1.82. The molecule has 0 amide bonds. The van der Waals surface area contributed by atoms with Gasteiger partial charge in [0.15, 0.2) is 0 Å². The van der Waals surface area contributed by atoms with Gasteiger partial charge in [-0.15, -0.1) is 0 Å². The molecule has 1 heterocycles. The van der Waals surface area contributed by atoms with E-state index in [1.807, 2.05) is 12.3 Å². The molecule has 0 unspecified atom stereocenters. The van der Waals surface area contributed by atoms with Crippen molar-refractivity contribution < 1.29 is 0 Å². The maximum Gasteiger partial charge on any atom is 0.0346 e. The van der Waals surface area contributed by atoms with Crippen molar-refractivity contribution in [2.75, 3.05) is 0 Å². The summed E-state index contributed by atoms with van der Waals surface area (Å²) in [5, 5.41) is 2.60. The van der Waals surface area contributed by atoms with Crippen LogP contribution in [0.25, 0.3) is 21.9 Å². The van der Waals surface area contributed by atoms with Crippen molar-refractivity contribution in [3.63, 3.8) is 0 Å². The molecule has 0 atom stereocenters. The highest BCUT2D eigenvalue weighted by molar-refractivity contribution is 5.89. The van der Waals surface area contributed by atoms with Gasteiger partial charge in [-0.3, -0.25) is 4.98 Å². The third-order valence-electron chi connectivity index (χ3n) is 3.09. The molecule has 2 aromatic carbocycles. The Morgan fingerprint density at radius 1 is 0.882 bits per heavy atom. The van der Waals surface area contributed by atoms with E-state index in [0.717, 1.165) is 5.56 Å². The summed E-state index contributed by atoms with van der Waals surface area (Å²) in [6.07, 6.45) is 3.70. The van der Waals surface area contributed by atoms with Crippen LogP contribution in [-0.2, 0) is 0 Å². The molecule has 17 heavy (non-hydrogen) atoms. The van der Waals surface area contributed by atoms with Crippen molar-refractivity contribution in [3.8, 4) is 11.1 Å². The van der Waals surface area contributed by atoms with Crippen LogP contribution in [0.2, 0.25) is 0 Å². The fraction of sp³-hybridized carbons (Fsp3) is 0.0625. The van der Waals surface area contributed by atoms with E-state index >= 15 is 0 Å². The van der Waals surface area contributed by atoms with E-state index in [1.54, 1.807) is 6.20 Å². The van der Waals surface area contributed by atoms with Crippen LogP contribution >= 0.6 is 0 Å². The smallest absolute Gasteiger partial charge is 0.0346 e. The standard InChI is InChI=1S/C16H13N/c1-12-4-2-5-14-10-13(7-8-16(12)14)15-6-3-9-17-11-15/h2-11H,1H3. The molecule has 1 heteroatoms. The van der Waals surface area contributed by atoms with E-state index in [1.165, 1.54) is 21.9 Å². The molecular weight excluding hydrogens is 206 g/mol. The molecule has 0 radical (unpaired) electrons. The second kappa shape index (κ2) is 4.02. The Balaban J connectivity index is 2.21. The third kappa shape index (κ3) is 1.80. The summed E-state index contributed by atoms with van der Waals surface area (Å²) in [6.45, 7) is 2.14. The van der Waals surface area contributed by atoms with Gasteiger partial charge >= 0.3 is 0 Å². The Morgan fingerprint density at radius 2 is 1.82 bits per heavy atom. The Morgan fingerprint density at radius 3 is 2.65 bits per heavy atom. The lowest BCUT2D eigenvalue weighted by Gasteiger charge is -2.05. The highest BCUT2D eigenvalue weighted by atomic mass is 14.6. The first kappa shape index (κ1) is 10.0. The first-order chi connectivity index (χ1) is 8.34. The molecule has 1 nitrogen and oxygen atoms in total. The zero-order chi connectivity index (χ0) is 11.7. The SMILES string of the molecule is Cc1cccc2cc(-c3cccnc3)ccc12. The number of benzene rings is 2. The van der Waals surface area contributed by atoms with Crippen molar-refractivity contribution in [2.24, 2.45) is 0 Å². The number of aryl methyl sites for hydroxylation is 1. The van der Waals surface area contributed by atoms with E-state index in [2.05, 4.69) is 54.4 Å². The zero-order valence-electron chi connectivity index (χ0n) is 9.72. The minimum Gasteiger partial charge on any atom is -0.264 e. The topological polar surface area (TPSA) is 12.9 Å². The normalized spacial score (nSPS) is 10.6. The second-order valence-corrected chi connectivity index (χ2v) is 4.25. The van der Waals surface area contributed by atoms with E-state index in [4.69, 9.17) is 0 Å². The lowest BCUT2D eigenvalue weighted by atomic mass is 10.00. The predicted octanol–water partition coefficient (Wildman–Crippen LogP) is 4.21. The van der Waals surface area contributed by atoms with Crippen LogP contribution in [0.15, 0.2) is 60.9 Å². The van der Waals surface area contributed by atoms with Crippen LogP contribution < -0.4 is 0 Å². The molecule has 0 fully saturated rings. The summed E-state index contributed by atoms with van der Waals surface area (Å²) >= 11 is 0. The Kier molecular flexibility index (Phi) is 2.37. The van der Waals surface area contributed by atoms with Crippen molar-refractivity contribution in [2.45, 2.75) is 6.92 Å². The number of hydrogen-bond donors (Lipinski definition) is 0. The van der Waals surface area contributed by atoms with Crippen molar-refractivity contribution in [3.05, 3.63) is 66.5 Å². The molecule has 1 aromatic heterocycles. The number of hydrogen-bond acceptors (Lipinski definition) is 1. The molecule has 3 aromatic rings. The first-order valence-corrected chi connectivity index (χ1v) is 5.74. The molecule has 0 bridgehead atoms. The summed E-state index contributed by atoms with van der Waals surface area (Å²) in [7, 11) is 0. The van der Waals surface area contributed by atoms with Crippen LogP contribution in [0.3, 0.4) is 0 Å². The van der Waals surface area contributed by atoms with Gasteiger partial charge in [0.05, 0.1) is 0 Å². The van der Waals surface area contributed by atoms with Crippen molar-refractivity contribution >= 4 is 10.8 Å². The Bertz CT molecular complexity index is 657. The average Bonchev–Trinajstić information content (AvgIpc) is 2.40. The summed E-state index contributed by atoms with van der Waals surface area (Å²) in [4.78, 5) is 4.16. The molecular formula is C16H13N. The first-order valence-electron chi connectivity index (χ1n) is 5.74. The highest BCUT2D eigenvalue weighted by Gasteiger charge is 2.00. The maximum absolute atomic E-state index is 4.16. The molecule has 0 N–H and O–H groups in total. The van der Waals surface area contributed by atoms with Crippen molar-refractivity contribution in [1.29, 1.82) is 0 Å². The average molecular weight is 219 g/mol.